The van der Waals surface area contributed by atoms with Crippen molar-refractivity contribution in [2.75, 3.05) is 13.6 Å². The van der Waals surface area contributed by atoms with Crippen LogP contribution in [0.4, 0.5) is 13.2 Å². The maximum absolute atomic E-state index is 12.7. The predicted molar refractivity (Wildman–Crippen MR) is 97.2 cm³/mol. The Labute approximate surface area is 163 Å². The lowest BCUT2D eigenvalue weighted by Gasteiger charge is -2.18. The molecule has 1 N–H and O–H groups in total. The monoisotopic (exact) mass is 464 g/mol. The summed E-state index contributed by atoms with van der Waals surface area (Å²) in [6, 6.07) is 10.6. The number of halogens is 4. The van der Waals surface area contributed by atoms with Gasteiger partial charge >= 0.3 is 6.18 Å². The highest BCUT2D eigenvalue weighted by Gasteiger charge is 2.31. The van der Waals surface area contributed by atoms with Gasteiger partial charge in [-0.3, -0.25) is 4.79 Å². The third-order valence-corrected chi connectivity index (χ3v) is 5.57. The van der Waals surface area contributed by atoms with Gasteiger partial charge in [-0.25, -0.2) is 13.1 Å². The topological polar surface area (TPSA) is 66.5 Å². The second kappa shape index (κ2) is 8.41. The molecule has 0 aliphatic carbocycles. The zero-order chi connectivity index (χ0) is 20.2. The summed E-state index contributed by atoms with van der Waals surface area (Å²) in [4.78, 5) is 12.9. The molecule has 0 saturated carbocycles. The summed E-state index contributed by atoms with van der Waals surface area (Å²) in [5.74, 6) is -0.520. The molecule has 2 aromatic carbocycles. The van der Waals surface area contributed by atoms with Crippen molar-refractivity contribution in [3.63, 3.8) is 0 Å². The normalized spacial score (nSPS) is 12.0. The van der Waals surface area contributed by atoms with E-state index >= 15 is 0 Å². The second-order valence-corrected chi connectivity index (χ2v) is 8.41. The summed E-state index contributed by atoms with van der Waals surface area (Å²) < 4.78 is 65.5. The number of nitrogens with zero attached hydrogens (tertiary/aromatic N) is 1. The molecule has 0 radical (unpaired) electrons. The Morgan fingerprint density at radius 1 is 1.15 bits per heavy atom. The number of amides is 1. The summed E-state index contributed by atoms with van der Waals surface area (Å²) >= 11 is 3.30. The SMILES string of the molecule is CN(Cc1ccc(Br)cc1)C(=O)CNS(=O)(=O)c1cccc(C(F)(F)F)c1. The van der Waals surface area contributed by atoms with Crippen molar-refractivity contribution in [2.45, 2.75) is 17.6 Å². The molecule has 0 atom stereocenters. The first-order valence-corrected chi connectivity index (χ1v) is 9.92. The molecule has 146 valence electrons. The highest BCUT2D eigenvalue weighted by molar-refractivity contribution is 9.10. The number of hydrogen-bond acceptors (Lipinski definition) is 3. The molecule has 0 saturated heterocycles. The van der Waals surface area contributed by atoms with Crippen LogP contribution >= 0.6 is 15.9 Å². The molecule has 0 heterocycles. The van der Waals surface area contributed by atoms with Gasteiger partial charge in [0, 0.05) is 18.1 Å². The maximum Gasteiger partial charge on any atom is 0.416 e. The van der Waals surface area contributed by atoms with Crippen LogP contribution in [0, 0.1) is 0 Å². The van der Waals surface area contributed by atoms with E-state index in [1.807, 2.05) is 16.9 Å². The molecule has 1 amide bonds. The predicted octanol–water partition coefficient (Wildman–Crippen LogP) is 3.40. The molecule has 10 heteroatoms. The van der Waals surface area contributed by atoms with Crippen LogP contribution in [-0.2, 0) is 27.5 Å². The van der Waals surface area contributed by atoms with Gasteiger partial charge in [0.1, 0.15) is 0 Å². The number of carbonyl (C=O) groups excluding carboxylic acids is 1. The van der Waals surface area contributed by atoms with Gasteiger partial charge in [-0.1, -0.05) is 34.1 Å². The van der Waals surface area contributed by atoms with E-state index in [4.69, 9.17) is 0 Å². The van der Waals surface area contributed by atoms with E-state index in [1.165, 1.54) is 11.9 Å². The Kier molecular flexibility index (Phi) is 6.66. The van der Waals surface area contributed by atoms with Crippen LogP contribution in [0.5, 0.6) is 0 Å². The Hall–Kier alpha value is -1.91. The van der Waals surface area contributed by atoms with E-state index < -0.39 is 39.1 Å². The average Bonchev–Trinajstić information content (AvgIpc) is 2.61. The number of rotatable bonds is 6. The summed E-state index contributed by atoms with van der Waals surface area (Å²) in [6.45, 7) is -0.303. The summed E-state index contributed by atoms with van der Waals surface area (Å²) in [5.41, 5.74) is -0.237. The van der Waals surface area contributed by atoms with Gasteiger partial charge in [0.15, 0.2) is 0 Å². The molecule has 0 bridgehead atoms. The molecule has 0 fully saturated rings. The van der Waals surface area contributed by atoms with Crippen molar-refractivity contribution in [1.29, 1.82) is 0 Å². The molecule has 0 aliphatic rings. The summed E-state index contributed by atoms with van der Waals surface area (Å²) in [7, 11) is -2.75. The zero-order valence-electron chi connectivity index (χ0n) is 14.1. The van der Waals surface area contributed by atoms with E-state index in [-0.39, 0.29) is 6.54 Å². The quantitative estimate of drug-likeness (QED) is 0.712. The van der Waals surface area contributed by atoms with E-state index in [9.17, 15) is 26.4 Å². The Balaban J connectivity index is 2.01. The fraction of sp³-hybridized carbons (Fsp3) is 0.235. The number of hydrogen-bond donors (Lipinski definition) is 1. The third kappa shape index (κ3) is 6.05. The molecule has 0 spiro atoms. The highest BCUT2D eigenvalue weighted by atomic mass is 79.9. The van der Waals surface area contributed by atoms with Gasteiger partial charge in [0.2, 0.25) is 15.9 Å². The van der Waals surface area contributed by atoms with E-state index in [1.54, 1.807) is 12.1 Å². The van der Waals surface area contributed by atoms with Crippen LogP contribution in [0.3, 0.4) is 0 Å². The van der Waals surface area contributed by atoms with Crippen LogP contribution in [0.25, 0.3) is 0 Å². The van der Waals surface area contributed by atoms with Gasteiger partial charge in [0.25, 0.3) is 0 Å². The smallest absolute Gasteiger partial charge is 0.340 e. The number of benzene rings is 2. The van der Waals surface area contributed by atoms with E-state index in [2.05, 4.69) is 15.9 Å². The average molecular weight is 465 g/mol. The van der Waals surface area contributed by atoms with E-state index in [0.717, 1.165) is 28.2 Å². The minimum atomic E-state index is -4.66. The first kappa shape index (κ1) is 21.4. The lowest BCUT2D eigenvalue weighted by molar-refractivity contribution is -0.137. The largest absolute Gasteiger partial charge is 0.416 e. The molecule has 5 nitrogen and oxygen atoms in total. The van der Waals surface area contributed by atoms with Crippen molar-refractivity contribution in [2.24, 2.45) is 0 Å². The Morgan fingerprint density at radius 3 is 2.37 bits per heavy atom. The number of alkyl halides is 3. The summed E-state index contributed by atoms with van der Waals surface area (Å²) in [6.07, 6.45) is -4.66. The van der Waals surface area contributed by atoms with Crippen LogP contribution in [0.2, 0.25) is 0 Å². The van der Waals surface area contributed by atoms with Crippen molar-refractivity contribution < 1.29 is 26.4 Å². The zero-order valence-corrected chi connectivity index (χ0v) is 16.5. The van der Waals surface area contributed by atoms with Crippen molar-refractivity contribution in [1.82, 2.24) is 9.62 Å². The number of likely N-dealkylation sites (N-methyl/N-ethyl adjacent to an activating group) is 1. The van der Waals surface area contributed by atoms with Crippen LogP contribution in [0.15, 0.2) is 57.9 Å². The van der Waals surface area contributed by atoms with Gasteiger partial charge in [-0.2, -0.15) is 13.2 Å². The van der Waals surface area contributed by atoms with Gasteiger partial charge in [-0.15, -0.1) is 0 Å². The van der Waals surface area contributed by atoms with Crippen molar-refractivity contribution >= 4 is 31.9 Å². The maximum atomic E-state index is 12.7. The minimum Gasteiger partial charge on any atom is -0.340 e. The lowest BCUT2D eigenvalue weighted by Crippen LogP contribution is -2.37. The number of carbonyl (C=O) groups is 1. The Morgan fingerprint density at radius 2 is 1.78 bits per heavy atom. The molecule has 0 aromatic heterocycles. The Bertz CT molecular complexity index is 916. The first-order valence-electron chi connectivity index (χ1n) is 7.64. The van der Waals surface area contributed by atoms with Gasteiger partial charge in [0.05, 0.1) is 17.0 Å². The fourth-order valence-electron chi connectivity index (χ4n) is 2.17. The van der Waals surface area contributed by atoms with Crippen molar-refractivity contribution in [3.8, 4) is 0 Å². The van der Waals surface area contributed by atoms with Crippen LogP contribution < -0.4 is 4.72 Å². The van der Waals surface area contributed by atoms with E-state index in [0.29, 0.717) is 6.07 Å². The molecule has 0 unspecified atom stereocenters. The molecule has 0 aliphatic heterocycles. The molecular formula is C17H16BrF3N2O3S. The lowest BCUT2D eigenvalue weighted by atomic mass is 10.2. The van der Waals surface area contributed by atoms with Crippen LogP contribution in [-0.4, -0.2) is 32.8 Å². The third-order valence-electron chi connectivity index (χ3n) is 3.64. The summed E-state index contributed by atoms with van der Waals surface area (Å²) in [5, 5.41) is 0. The highest BCUT2D eigenvalue weighted by Crippen LogP contribution is 2.30. The van der Waals surface area contributed by atoms with Crippen LogP contribution in [0.1, 0.15) is 11.1 Å². The van der Waals surface area contributed by atoms with Gasteiger partial charge < -0.3 is 4.90 Å². The standard InChI is InChI=1S/C17H16BrF3N2O3S/c1-23(11-12-5-7-14(18)8-6-12)16(24)10-22-27(25,26)15-4-2-3-13(9-15)17(19,20)21/h2-9,22H,10-11H2,1H3. The number of sulfonamides is 1. The molecule has 27 heavy (non-hydrogen) atoms. The molecular weight excluding hydrogens is 449 g/mol. The second-order valence-electron chi connectivity index (χ2n) is 5.73. The number of nitrogens with one attached hydrogen (secondary N) is 1. The van der Waals surface area contributed by atoms with Gasteiger partial charge in [-0.05, 0) is 35.9 Å². The van der Waals surface area contributed by atoms with Crippen molar-refractivity contribution in [3.05, 3.63) is 64.1 Å². The fourth-order valence-corrected chi connectivity index (χ4v) is 3.45. The minimum absolute atomic E-state index is 0.261. The molecule has 2 rings (SSSR count). The molecule has 2 aromatic rings. The first-order chi connectivity index (χ1) is 12.5.